The van der Waals surface area contributed by atoms with Crippen LogP contribution in [0.15, 0.2) is 22.8 Å². The smallest absolute Gasteiger partial charge is 0.407 e. The minimum absolute atomic E-state index is 0.100. The molecule has 0 unspecified atom stereocenters. The molecule has 0 bridgehead atoms. The van der Waals surface area contributed by atoms with E-state index in [1.807, 2.05) is 0 Å². The van der Waals surface area contributed by atoms with Crippen LogP contribution in [0.5, 0.6) is 0 Å². The van der Waals surface area contributed by atoms with Crippen molar-refractivity contribution in [2.45, 2.75) is 26.5 Å². The molecule has 0 spiro atoms. The fourth-order valence-electron chi connectivity index (χ4n) is 0.828. The lowest BCUT2D eigenvalue weighted by molar-refractivity contribution is 0.114. The fraction of sp³-hybridized carbons (Fsp3) is 0.444. The predicted octanol–water partition coefficient (Wildman–Crippen LogP) is 1.91. The van der Waals surface area contributed by atoms with Gasteiger partial charge in [0.15, 0.2) is 0 Å². The zero-order valence-electron chi connectivity index (χ0n) is 7.74. The zero-order chi connectivity index (χ0) is 9.68. The Balaban J connectivity index is 2.23. The third-order valence-corrected chi connectivity index (χ3v) is 1.33. The van der Waals surface area contributed by atoms with Gasteiger partial charge in [-0.3, -0.25) is 0 Å². The van der Waals surface area contributed by atoms with Crippen LogP contribution in [0.4, 0.5) is 4.79 Å². The molecule has 0 aliphatic heterocycles. The molecule has 1 amide bonds. The number of hydrogen-bond acceptors (Lipinski definition) is 3. The lowest BCUT2D eigenvalue weighted by atomic mass is 10.4. The molecule has 0 atom stereocenters. The van der Waals surface area contributed by atoms with E-state index in [0.717, 1.165) is 0 Å². The van der Waals surface area contributed by atoms with Gasteiger partial charge in [0.2, 0.25) is 0 Å². The molecule has 0 aromatic carbocycles. The Morgan fingerprint density at radius 2 is 2.46 bits per heavy atom. The summed E-state index contributed by atoms with van der Waals surface area (Å²) in [7, 11) is 0. The van der Waals surface area contributed by atoms with Crippen LogP contribution in [0.25, 0.3) is 0 Å². The molecule has 0 radical (unpaired) electrons. The van der Waals surface area contributed by atoms with E-state index in [-0.39, 0.29) is 6.10 Å². The third-order valence-electron chi connectivity index (χ3n) is 1.33. The number of amides is 1. The molecular formula is C9H13NO3. The summed E-state index contributed by atoms with van der Waals surface area (Å²) in [5.74, 6) is 0.709. The third kappa shape index (κ3) is 3.64. The van der Waals surface area contributed by atoms with Gasteiger partial charge in [0.1, 0.15) is 5.76 Å². The van der Waals surface area contributed by atoms with Crippen LogP contribution in [0, 0.1) is 0 Å². The largest absolute Gasteiger partial charge is 0.467 e. The molecule has 72 valence electrons. The summed E-state index contributed by atoms with van der Waals surface area (Å²) in [5, 5.41) is 2.56. The Kier molecular flexibility index (Phi) is 3.37. The van der Waals surface area contributed by atoms with Gasteiger partial charge in [-0.15, -0.1) is 0 Å². The Morgan fingerprint density at radius 3 is 3.00 bits per heavy atom. The molecule has 4 nitrogen and oxygen atoms in total. The summed E-state index contributed by atoms with van der Waals surface area (Å²) in [4.78, 5) is 11.0. The molecule has 0 aliphatic carbocycles. The number of furan rings is 1. The Bertz CT molecular complexity index is 254. The molecule has 1 heterocycles. The van der Waals surface area contributed by atoms with Crippen LogP contribution >= 0.6 is 0 Å². The number of carbonyl (C=O) groups excluding carboxylic acids is 1. The van der Waals surface area contributed by atoms with E-state index in [4.69, 9.17) is 9.15 Å². The van der Waals surface area contributed by atoms with E-state index < -0.39 is 6.09 Å². The van der Waals surface area contributed by atoms with Crippen LogP contribution in [0.3, 0.4) is 0 Å². The molecule has 4 heteroatoms. The van der Waals surface area contributed by atoms with E-state index in [0.29, 0.717) is 12.3 Å². The van der Waals surface area contributed by atoms with Crippen molar-refractivity contribution in [1.82, 2.24) is 5.32 Å². The van der Waals surface area contributed by atoms with E-state index in [9.17, 15) is 4.79 Å². The average Bonchev–Trinajstić information content (AvgIpc) is 2.51. The second-order valence-electron chi connectivity index (χ2n) is 2.89. The monoisotopic (exact) mass is 183 g/mol. The number of rotatable bonds is 3. The van der Waals surface area contributed by atoms with E-state index in [1.54, 1.807) is 32.2 Å². The SMILES string of the molecule is CC(C)OC(=O)NCc1ccco1. The van der Waals surface area contributed by atoms with E-state index >= 15 is 0 Å². The van der Waals surface area contributed by atoms with E-state index in [1.165, 1.54) is 0 Å². The average molecular weight is 183 g/mol. The molecule has 1 aromatic rings. The first-order valence-electron chi connectivity index (χ1n) is 4.15. The van der Waals surface area contributed by atoms with Gasteiger partial charge in [-0.25, -0.2) is 4.79 Å². The highest BCUT2D eigenvalue weighted by Crippen LogP contribution is 1.99. The summed E-state index contributed by atoms with van der Waals surface area (Å²) in [6.07, 6.45) is 1.04. The Morgan fingerprint density at radius 1 is 1.69 bits per heavy atom. The van der Waals surface area contributed by atoms with Crippen molar-refractivity contribution >= 4 is 6.09 Å². The number of hydrogen-bond donors (Lipinski definition) is 1. The van der Waals surface area contributed by atoms with Crippen molar-refractivity contribution < 1.29 is 13.9 Å². The second-order valence-corrected chi connectivity index (χ2v) is 2.89. The second kappa shape index (κ2) is 4.54. The maximum absolute atomic E-state index is 11.0. The van der Waals surface area contributed by atoms with Gasteiger partial charge in [0.25, 0.3) is 0 Å². The first-order chi connectivity index (χ1) is 6.18. The van der Waals surface area contributed by atoms with Crippen molar-refractivity contribution in [3.8, 4) is 0 Å². The maximum Gasteiger partial charge on any atom is 0.407 e. The molecule has 13 heavy (non-hydrogen) atoms. The number of nitrogens with one attached hydrogen (secondary N) is 1. The fourth-order valence-corrected chi connectivity index (χ4v) is 0.828. The van der Waals surface area contributed by atoms with Gasteiger partial charge in [-0.1, -0.05) is 0 Å². The lowest BCUT2D eigenvalue weighted by Crippen LogP contribution is -2.26. The summed E-state index contributed by atoms with van der Waals surface area (Å²) < 4.78 is 9.88. The number of carbonyl (C=O) groups is 1. The zero-order valence-corrected chi connectivity index (χ0v) is 7.74. The van der Waals surface area contributed by atoms with Gasteiger partial charge in [-0.2, -0.15) is 0 Å². The van der Waals surface area contributed by atoms with Crippen molar-refractivity contribution in [3.63, 3.8) is 0 Å². The van der Waals surface area contributed by atoms with Gasteiger partial charge < -0.3 is 14.5 Å². The van der Waals surface area contributed by atoms with Crippen molar-refractivity contribution in [2.24, 2.45) is 0 Å². The first-order valence-corrected chi connectivity index (χ1v) is 4.15. The molecule has 0 fully saturated rings. The van der Waals surface area contributed by atoms with Crippen LogP contribution in [0.2, 0.25) is 0 Å². The summed E-state index contributed by atoms with van der Waals surface area (Å²) in [5.41, 5.74) is 0. The molecule has 0 aliphatic rings. The molecule has 1 rings (SSSR count). The van der Waals surface area contributed by atoms with Crippen LogP contribution < -0.4 is 5.32 Å². The predicted molar refractivity (Wildman–Crippen MR) is 47.2 cm³/mol. The van der Waals surface area contributed by atoms with Gasteiger partial charge in [0.05, 0.1) is 18.9 Å². The van der Waals surface area contributed by atoms with Crippen LogP contribution in [-0.2, 0) is 11.3 Å². The quantitative estimate of drug-likeness (QED) is 0.778. The molecule has 0 saturated carbocycles. The highest BCUT2D eigenvalue weighted by atomic mass is 16.6. The molecule has 1 aromatic heterocycles. The van der Waals surface area contributed by atoms with Gasteiger partial charge >= 0.3 is 6.09 Å². The summed E-state index contributed by atoms with van der Waals surface area (Å²) >= 11 is 0. The van der Waals surface area contributed by atoms with Crippen LogP contribution in [0.1, 0.15) is 19.6 Å². The van der Waals surface area contributed by atoms with Crippen molar-refractivity contribution in [1.29, 1.82) is 0 Å². The van der Waals surface area contributed by atoms with Gasteiger partial charge in [0, 0.05) is 0 Å². The maximum atomic E-state index is 11.0. The molecule has 1 N–H and O–H groups in total. The molecule has 0 saturated heterocycles. The summed E-state index contributed by atoms with van der Waals surface area (Å²) in [6, 6.07) is 3.56. The number of alkyl carbamates (subject to hydrolysis) is 1. The van der Waals surface area contributed by atoms with Crippen LogP contribution in [-0.4, -0.2) is 12.2 Å². The minimum Gasteiger partial charge on any atom is -0.467 e. The lowest BCUT2D eigenvalue weighted by Gasteiger charge is -2.07. The minimum atomic E-state index is -0.425. The van der Waals surface area contributed by atoms with E-state index in [2.05, 4.69) is 5.32 Å². The normalized spacial score (nSPS) is 10.1. The van der Waals surface area contributed by atoms with Crippen molar-refractivity contribution in [3.05, 3.63) is 24.2 Å². The van der Waals surface area contributed by atoms with Crippen molar-refractivity contribution in [2.75, 3.05) is 0 Å². The highest BCUT2D eigenvalue weighted by Gasteiger charge is 2.04. The summed E-state index contributed by atoms with van der Waals surface area (Å²) in [6.45, 7) is 3.96. The Hall–Kier alpha value is -1.45. The topological polar surface area (TPSA) is 51.5 Å². The Labute approximate surface area is 76.9 Å². The molecular weight excluding hydrogens is 170 g/mol. The van der Waals surface area contributed by atoms with Gasteiger partial charge in [-0.05, 0) is 26.0 Å². The standard InChI is InChI=1S/C9H13NO3/c1-7(2)13-9(11)10-6-8-4-3-5-12-8/h3-5,7H,6H2,1-2H3,(H,10,11). The highest BCUT2D eigenvalue weighted by molar-refractivity contribution is 5.67. The first kappa shape index (κ1) is 9.64. The number of ether oxygens (including phenoxy) is 1.